The molecule has 25 heavy (non-hydrogen) atoms. The van der Waals surface area contributed by atoms with E-state index in [0.717, 1.165) is 5.56 Å². The number of piperazine rings is 1. The topological polar surface area (TPSA) is 70.8 Å². The summed E-state index contributed by atoms with van der Waals surface area (Å²) >= 11 is 11.9. The number of nitrogens with zero attached hydrogens (tertiary/aromatic N) is 2. The van der Waals surface area contributed by atoms with Crippen LogP contribution in [-0.4, -0.2) is 49.7 Å². The molecule has 0 N–H and O–H groups in total. The number of carbonyl (C=O) groups is 1. The van der Waals surface area contributed by atoms with Crippen LogP contribution in [-0.2, 0) is 10.0 Å². The van der Waals surface area contributed by atoms with Crippen molar-refractivity contribution in [3.63, 3.8) is 0 Å². The van der Waals surface area contributed by atoms with Crippen LogP contribution in [0.5, 0.6) is 0 Å². The molecule has 1 aromatic heterocycles. The molecule has 0 bridgehead atoms. The van der Waals surface area contributed by atoms with Crippen LogP contribution in [0.4, 0.5) is 0 Å². The minimum Gasteiger partial charge on any atom is -0.459 e. The highest BCUT2D eigenvalue weighted by Crippen LogP contribution is 2.28. The van der Waals surface area contributed by atoms with Gasteiger partial charge in [0.05, 0.1) is 11.3 Å². The van der Waals surface area contributed by atoms with Crippen molar-refractivity contribution in [2.75, 3.05) is 26.2 Å². The van der Waals surface area contributed by atoms with Crippen molar-refractivity contribution in [1.29, 1.82) is 0 Å². The predicted octanol–water partition coefficient (Wildman–Crippen LogP) is 3.04. The van der Waals surface area contributed by atoms with Crippen LogP contribution in [0.15, 0.2) is 39.8 Å². The van der Waals surface area contributed by atoms with Gasteiger partial charge in [-0.05, 0) is 31.2 Å². The van der Waals surface area contributed by atoms with Gasteiger partial charge in [0, 0.05) is 36.8 Å². The maximum Gasteiger partial charge on any atom is 0.289 e. The molecular weight excluding hydrogens is 387 g/mol. The Morgan fingerprint density at radius 2 is 1.80 bits per heavy atom. The molecule has 0 radical (unpaired) electrons. The summed E-state index contributed by atoms with van der Waals surface area (Å²) in [4.78, 5) is 14.0. The highest BCUT2D eigenvalue weighted by Gasteiger charge is 2.32. The first-order valence-electron chi connectivity index (χ1n) is 7.59. The smallest absolute Gasteiger partial charge is 0.289 e. The van der Waals surface area contributed by atoms with E-state index < -0.39 is 10.0 Å². The number of halogens is 2. The molecule has 1 aromatic carbocycles. The molecule has 2 aromatic rings. The van der Waals surface area contributed by atoms with Crippen molar-refractivity contribution < 1.29 is 17.6 Å². The number of amides is 1. The van der Waals surface area contributed by atoms with Gasteiger partial charge in [0.15, 0.2) is 5.76 Å². The van der Waals surface area contributed by atoms with Gasteiger partial charge >= 0.3 is 0 Å². The molecule has 0 atom stereocenters. The normalized spacial score (nSPS) is 16.2. The molecule has 0 saturated carbocycles. The third kappa shape index (κ3) is 3.55. The number of aryl methyl sites for hydroxylation is 1. The lowest BCUT2D eigenvalue weighted by Crippen LogP contribution is -2.50. The van der Waals surface area contributed by atoms with Crippen molar-refractivity contribution in [3.8, 4) is 0 Å². The Hall–Kier alpha value is -1.54. The van der Waals surface area contributed by atoms with Crippen LogP contribution in [0.3, 0.4) is 0 Å². The molecule has 0 spiro atoms. The van der Waals surface area contributed by atoms with Crippen molar-refractivity contribution >= 4 is 39.1 Å². The van der Waals surface area contributed by atoms with E-state index >= 15 is 0 Å². The quantitative estimate of drug-likeness (QED) is 0.790. The molecule has 2 heterocycles. The third-order valence-electron chi connectivity index (χ3n) is 4.09. The molecule has 134 valence electrons. The SMILES string of the molecule is Cc1ccoc1C(=O)N1CCN(S(=O)(=O)c2cc(Cl)ccc2Cl)CC1. The van der Waals surface area contributed by atoms with Crippen molar-refractivity contribution in [2.24, 2.45) is 0 Å². The monoisotopic (exact) mass is 402 g/mol. The van der Waals surface area contributed by atoms with E-state index in [1.54, 1.807) is 17.9 Å². The van der Waals surface area contributed by atoms with E-state index in [0.29, 0.717) is 5.02 Å². The van der Waals surface area contributed by atoms with Gasteiger partial charge in [0.25, 0.3) is 5.91 Å². The maximum absolute atomic E-state index is 12.8. The second-order valence-corrected chi connectivity index (χ2v) is 8.45. The molecule has 3 rings (SSSR count). The molecule has 1 aliphatic rings. The van der Waals surface area contributed by atoms with Crippen molar-refractivity contribution in [2.45, 2.75) is 11.8 Å². The molecule has 6 nitrogen and oxygen atoms in total. The van der Waals surface area contributed by atoms with Crippen LogP contribution in [0.2, 0.25) is 10.0 Å². The largest absolute Gasteiger partial charge is 0.459 e. The highest BCUT2D eigenvalue weighted by molar-refractivity contribution is 7.89. The minimum atomic E-state index is -3.77. The van der Waals surface area contributed by atoms with Crippen LogP contribution in [0, 0.1) is 6.92 Å². The van der Waals surface area contributed by atoms with Gasteiger partial charge in [-0.15, -0.1) is 0 Å². The van der Waals surface area contributed by atoms with E-state index in [-0.39, 0.29) is 47.8 Å². The fourth-order valence-corrected chi connectivity index (χ4v) is 4.84. The zero-order chi connectivity index (χ0) is 18.2. The average molecular weight is 403 g/mol. The Labute approximate surface area is 156 Å². The molecule has 1 amide bonds. The van der Waals surface area contributed by atoms with Crippen molar-refractivity contribution in [3.05, 3.63) is 51.9 Å². The van der Waals surface area contributed by atoms with Gasteiger partial charge in [0.1, 0.15) is 4.90 Å². The van der Waals surface area contributed by atoms with Crippen LogP contribution < -0.4 is 0 Å². The minimum absolute atomic E-state index is 0.0247. The zero-order valence-electron chi connectivity index (χ0n) is 13.4. The lowest BCUT2D eigenvalue weighted by Gasteiger charge is -2.33. The molecule has 0 aliphatic carbocycles. The van der Waals surface area contributed by atoms with E-state index in [1.165, 1.54) is 28.8 Å². The van der Waals surface area contributed by atoms with Gasteiger partial charge < -0.3 is 9.32 Å². The van der Waals surface area contributed by atoms with E-state index in [1.807, 2.05) is 0 Å². The third-order valence-corrected chi connectivity index (χ3v) is 6.71. The lowest BCUT2D eigenvalue weighted by atomic mass is 10.2. The highest BCUT2D eigenvalue weighted by atomic mass is 35.5. The van der Waals surface area contributed by atoms with Gasteiger partial charge in [-0.3, -0.25) is 4.79 Å². The molecular formula is C16H16Cl2N2O4S. The first kappa shape index (κ1) is 18.3. The molecule has 1 aliphatic heterocycles. The summed E-state index contributed by atoms with van der Waals surface area (Å²) in [5, 5.41) is 0.416. The Kier molecular flexibility index (Phi) is 5.11. The summed E-state index contributed by atoms with van der Waals surface area (Å²) in [6, 6.07) is 6.04. The fraction of sp³-hybridized carbons (Fsp3) is 0.312. The molecule has 0 unspecified atom stereocenters. The first-order chi connectivity index (χ1) is 11.8. The number of rotatable bonds is 3. The maximum atomic E-state index is 12.8. The zero-order valence-corrected chi connectivity index (χ0v) is 15.7. The fourth-order valence-electron chi connectivity index (χ4n) is 2.68. The van der Waals surface area contributed by atoms with Crippen LogP contribution in [0.1, 0.15) is 16.1 Å². The molecule has 1 fully saturated rings. The summed E-state index contributed by atoms with van der Waals surface area (Å²) in [5.74, 6) is 0.0505. The number of benzene rings is 1. The first-order valence-corrected chi connectivity index (χ1v) is 9.79. The summed E-state index contributed by atoms with van der Waals surface area (Å²) in [6.07, 6.45) is 1.46. The predicted molar refractivity (Wildman–Crippen MR) is 94.6 cm³/mol. The van der Waals surface area contributed by atoms with Gasteiger partial charge in [-0.1, -0.05) is 23.2 Å². The molecule has 9 heteroatoms. The van der Waals surface area contributed by atoms with Crippen molar-refractivity contribution in [1.82, 2.24) is 9.21 Å². The summed E-state index contributed by atoms with van der Waals surface area (Å²) in [7, 11) is -3.77. The second-order valence-electron chi connectivity index (χ2n) is 5.70. The number of furan rings is 1. The number of hydrogen-bond donors (Lipinski definition) is 0. The Morgan fingerprint density at radius 1 is 1.12 bits per heavy atom. The average Bonchev–Trinajstić information content (AvgIpc) is 3.02. The van der Waals surface area contributed by atoms with Gasteiger partial charge in [-0.2, -0.15) is 4.31 Å². The number of hydrogen-bond acceptors (Lipinski definition) is 4. The molecule has 1 saturated heterocycles. The number of sulfonamides is 1. The van der Waals surface area contributed by atoms with E-state index in [9.17, 15) is 13.2 Å². The summed E-state index contributed by atoms with van der Waals surface area (Å²) in [6.45, 7) is 2.69. The van der Waals surface area contributed by atoms with Gasteiger partial charge in [-0.25, -0.2) is 8.42 Å². The standard InChI is InChI=1S/C16H16Cl2N2O4S/c1-11-4-9-24-15(11)16(21)19-5-7-20(8-6-19)25(22,23)14-10-12(17)2-3-13(14)18/h2-4,9-10H,5-8H2,1H3. The Bertz CT molecular complexity index is 903. The summed E-state index contributed by atoms with van der Waals surface area (Å²) in [5.41, 5.74) is 0.755. The van der Waals surface area contributed by atoms with Gasteiger partial charge in [0.2, 0.25) is 10.0 Å². The summed E-state index contributed by atoms with van der Waals surface area (Å²) < 4.78 is 32.1. The Morgan fingerprint density at radius 3 is 2.40 bits per heavy atom. The second kappa shape index (κ2) is 6.99. The van der Waals surface area contributed by atoms with Crippen LogP contribution in [0.25, 0.3) is 0 Å². The van der Waals surface area contributed by atoms with E-state index in [4.69, 9.17) is 27.6 Å². The van der Waals surface area contributed by atoms with Crippen LogP contribution >= 0.6 is 23.2 Å². The number of carbonyl (C=O) groups excluding carboxylic acids is 1. The Balaban J connectivity index is 1.74. The lowest BCUT2D eigenvalue weighted by molar-refractivity contribution is 0.0665. The van der Waals surface area contributed by atoms with E-state index in [2.05, 4.69) is 0 Å².